The zero-order valence-electron chi connectivity index (χ0n) is 9.58. The number of benzene rings is 2. The maximum absolute atomic E-state index is 13.2. The number of carbonyl (C=O) groups excluding carboxylic acids is 1. The van der Waals surface area contributed by atoms with Crippen LogP contribution in [0.3, 0.4) is 0 Å². The van der Waals surface area contributed by atoms with Gasteiger partial charge >= 0.3 is 0 Å². The first-order chi connectivity index (χ1) is 8.95. The quantitative estimate of drug-likeness (QED) is 0.807. The van der Waals surface area contributed by atoms with E-state index in [2.05, 4.69) is 21.2 Å². The third-order valence-corrected chi connectivity index (χ3v) is 3.28. The molecule has 0 saturated heterocycles. The number of nitrogens with one attached hydrogen (secondary N) is 1. The summed E-state index contributed by atoms with van der Waals surface area (Å²) in [6.07, 6.45) is 0. The van der Waals surface area contributed by atoms with Crippen LogP contribution >= 0.6 is 27.5 Å². The second kappa shape index (κ2) is 5.59. The van der Waals surface area contributed by atoms with E-state index in [0.29, 0.717) is 15.1 Å². The van der Waals surface area contributed by atoms with Gasteiger partial charge in [0.05, 0.1) is 5.56 Å². The van der Waals surface area contributed by atoms with Gasteiger partial charge in [0, 0.05) is 20.9 Å². The normalized spacial score (nSPS) is 10.3. The van der Waals surface area contributed by atoms with E-state index < -0.39 is 11.7 Å². The molecule has 0 aromatic heterocycles. The number of amides is 1. The Kier molecular flexibility index (Phi) is 4.07. The van der Waals surface area contributed by atoms with E-state index in [1.165, 1.54) is 24.3 Å². The summed E-state index contributed by atoms with van der Waals surface area (Å²) in [7, 11) is 0. The van der Waals surface area contributed by atoms with Gasteiger partial charge < -0.3 is 11.1 Å². The third-order valence-electron chi connectivity index (χ3n) is 2.35. The Balaban J connectivity index is 2.28. The molecular weight excluding hydrogens is 335 g/mol. The molecule has 0 spiro atoms. The summed E-state index contributed by atoms with van der Waals surface area (Å²) < 4.78 is 13.8. The van der Waals surface area contributed by atoms with Crippen molar-refractivity contribution >= 4 is 44.8 Å². The zero-order chi connectivity index (χ0) is 14.0. The van der Waals surface area contributed by atoms with Crippen LogP contribution in [0.15, 0.2) is 40.9 Å². The van der Waals surface area contributed by atoms with Crippen molar-refractivity contribution in [1.29, 1.82) is 0 Å². The number of hydrogen-bond donors (Lipinski definition) is 2. The Hall–Kier alpha value is -1.59. The van der Waals surface area contributed by atoms with Crippen LogP contribution in [0.5, 0.6) is 0 Å². The highest BCUT2D eigenvalue weighted by molar-refractivity contribution is 9.10. The summed E-state index contributed by atoms with van der Waals surface area (Å²) in [5, 5.41) is 3.00. The highest BCUT2D eigenvalue weighted by Crippen LogP contribution is 2.23. The maximum atomic E-state index is 13.2. The van der Waals surface area contributed by atoms with E-state index >= 15 is 0 Å². The largest absolute Gasteiger partial charge is 0.399 e. The molecule has 0 heterocycles. The number of nitrogen functional groups attached to an aromatic ring is 1. The molecule has 2 rings (SSSR count). The fourth-order valence-electron chi connectivity index (χ4n) is 1.55. The van der Waals surface area contributed by atoms with Crippen molar-refractivity contribution in [3.8, 4) is 0 Å². The third kappa shape index (κ3) is 3.45. The molecule has 0 atom stereocenters. The van der Waals surface area contributed by atoms with Gasteiger partial charge in [-0.15, -0.1) is 0 Å². The summed E-state index contributed by atoms with van der Waals surface area (Å²) in [6, 6.07) is 8.67. The van der Waals surface area contributed by atoms with Gasteiger partial charge in [-0.25, -0.2) is 4.39 Å². The zero-order valence-corrected chi connectivity index (χ0v) is 11.9. The Bertz CT molecular complexity index is 628. The topological polar surface area (TPSA) is 55.1 Å². The Morgan fingerprint density at radius 1 is 1.26 bits per heavy atom. The van der Waals surface area contributed by atoms with Gasteiger partial charge in [0.2, 0.25) is 0 Å². The van der Waals surface area contributed by atoms with E-state index in [4.69, 9.17) is 17.3 Å². The molecule has 0 fully saturated rings. The first-order valence-corrected chi connectivity index (χ1v) is 6.45. The van der Waals surface area contributed by atoms with Crippen molar-refractivity contribution in [3.63, 3.8) is 0 Å². The minimum Gasteiger partial charge on any atom is -0.399 e. The van der Waals surface area contributed by atoms with E-state index in [0.717, 1.165) is 0 Å². The summed E-state index contributed by atoms with van der Waals surface area (Å²) in [6.45, 7) is 0. The molecule has 0 aliphatic heterocycles. The SMILES string of the molecule is Nc1cc(F)cc(NC(=O)c2cc(Cl)ccc2Br)c1. The summed E-state index contributed by atoms with van der Waals surface area (Å²) in [5.41, 5.74) is 6.39. The second-order valence-electron chi connectivity index (χ2n) is 3.85. The standard InChI is InChI=1S/C13H9BrClFN2O/c14-12-2-1-7(15)3-11(12)13(19)18-10-5-8(16)4-9(17)6-10/h1-6H,17H2,(H,18,19). The molecule has 2 aromatic rings. The predicted molar refractivity (Wildman–Crippen MR) is 77.9 cm³/mol. The van der Waals surface area contributed by atoms with Gasteiger partial charge in [-0.05, 0) is 52.3 Å². The first kappa shape index (κ1) is 13.8. The number of halogens is 3. The summed E-state index contributed by atoms with van der Waals surface area (Å²) in [4.78, 5) is 12.0. The van der Waals surface area contributed by atoms with Crippen LogP contribution in [0.2, 0.25) is 5.02 Å². The number of hydrogen-bond acceptors (Lipinski definition) is 2. The highest BCUT2D eigenvalue weighted by atomic mass is 79.9. The van der Waals surface area contributed by atoms with Gasteiger partial charge in [-0.3, -0.25) is 4.79 Å². The highest BCUT2D eigenvalue weighted by Gasteiger charge is 2.11. The smallest absolute Gasteiger partial charge is 0.256 e. The molecule has 3 nitrogen and oxygen atoms in total. The van der Waals surface area contributed by atoms with Crippen LogP contribution in [0.4, 0.5) is 15.8 Å². The fourth-order valence-corrected chi connectivity index (χ4v) is 2.15. The fraction of sp³-hybridized carbons (Fsp3) is 0. The lowest BCUT2D eigenvalue weighted by atomic mass is 10.2. The van der Waals surface area contributed by atoms with Gasteiger partial charge in [-0.1, -0.05) is 11.6 Å². The summed E-state index contributed by atoms with van der Waals surface area (Å²) in [5.74, 6) is -0.917. The Morgan fingerprint density at radius 2 is 2.00 bits per heavy atom. The minimum atomic E-state index is -0.513. The molecule has 0 radical (unpaired) electrons. The van der Waals surface area contributed by atoms with Gasteiger partial charge in [0.1, 0.15) is 5.82 Å². The average molecular weight is 344 g/mol. The van der Waals surface area contributed by atoms with E-state index in [1.54, 1.807) is 12.1 Å². The molecule has 98 valence electrons. The molecule has 0 aliphatic rings. The summed E-state index contributed by atoms with van der Waals surface area (Å²) >= 11 is 9.09. The van der Waals surface area contributed by atoms with Gasteiger partial charge in [-0.2, -0.15) is 0 Å². The number of nitrogens with two attached hydrogens (primary N) is 1. The Morgan fingerprint density at radius 3 is 2.68 bits per heavy atom. The minimum absolute atomic E-state index is 0.237. The lowest BCUT2D eigenvalue weighted by Crippen LogP contribution is -2.13. The van der Waals surface area contributed by atoms with Crippen molar-refractivity contribution in [3.05, 3.63) is 57.3 Å². The van der Waals surface area contributed by atoms with Crippen LogP contribution in [0.1, 0.15) is 10.4 Å². The molecule has 6 heteroatoms. The van der Waals surface area contributed by atoms with Crippen LogP contribution < -0.4 is 11.1 Å². The second-order valence-corrected chi connectivity index (χ2v) is 5.14. The number of carbonyl (C=O) groups is 1. The Labute approximate surface area is 122 Å². The van der Waals surface area contributed by atoms with Gasteiger partial charge in [0.25, 0.3) is 5.91 Å². The van der Waals surface area contributed by atoms with Crippen molar-refractivity contribution < 1.29 is 9.18 Å². The van der Waals surface area contributed by atoms with E-state index in [9.17, 15) is 9.18 Å². The predicted octanol–water partition coefficient (Wildman–Crippen LogP) is 4.08. The molecule has 0 bridgehead atoms. The average Bonchev–Trinajstić information content (AvgIpc) is 2.30. The van der Waals surface area contributed by atoms with Crippen LogP contribution in [-0.4, -0.2) is 5.91 Å². The number of anilines is 2. The molecular formula is C13H9BrClFN2O. The molecule has 0 unspecified atom stereocenters. The van der Waals surface area contributed by atoms with E-state index in [-0.39, 0.29) is 11.4 Å². The van der Waals surface area contributed by atoms with Crippen molar-refractivity contribution in [2.75, 3.05) is 11.1 Å². The molecule has 0 saturated carbocycles. The van der Waals surface area contributed by atoms with Crippen molar-refractivity contribution in [2.24, 2.45) is 0 Å². The van der Waals surface area contributed by atoms with Crippen LogP contribution in [0, 0.1) is 5.82 Å². The van der Waals surface area contributed by atoms with Gasteiger partial charge in [0.15, 0.2) is 0 Å². The van der Waals surface area contributed by atoms with Crippen LogP contribution in [0.25, 0.3) is 0 Å². The van der Waals surface area contributed by atoms with Crippen molar-refractivity contribution in [1.82, 2.24) is 0 Å². The monoisotopic (exact) mass is 342 g/mol. The van der Waals surface area contributed by atoms with Crippen molar-refractivity contribution in [2.45, 2.75) is 0 Å². The lowest BCUT2D eigenvalue weighted by Gasteiger charge is -2.08. The first-order valence-electron chi connectivity index (χ1n) is 5.28. The molecule has 1 amide bonds. The molecule has 2 aromatic carbocycles. The molecule has 19 heavy (non-hydrogen) atoms. The van der Waals surface area contributed by atoms with Crippen LogP contribution in [-0.2, 0) is 0 Å². The number of rotatable bonds is 2. The lowest BCUT2D eigenvalue weighted by molar-refractivity contribution is 0.102. The maximum Gasteiger partial charge on any atom is 0.256 e. The molecule has 3 N–H and O–H groups in total. The molecule has 0 aliphatic carbocycles. The van der Waals surface area contributed by atoms with E-state index in [1.807, 2.05) is 0 Å².